The number of rotatable bonds is 4. The maximum atomic E-state index is 12.8. The van der Waals surface area contributed by atoms with Crippen LogP contribution in [0.5, 0.6) is 0 Å². The molecule has 0 fully saturated rings. The Bertz CT molecular complexity index is 787. The molecule has 2 aromatic rings. The highest BCUT2D eigenvalue weighted by Gasteiger charge is 2.29. The van der Waals surface area contributed by atoms with E-state index in [-0.39, 0.29) is 11.2 Å². The monoisotopic (exact) mass is 359 g/mol. The standard InChI is InChI=1S/C20H22ClNOS/c1-4-13-8-9-16(21)15(5-2)19(13)22-20(23)18-11-14-7-6-12(3)10-17(14)24-18/h6-10,18H,4-5,11H2,1-3H3,(H,22,23)/t18-/m0/s1. The number of hydrogen-bond donors (Lipinski definition) is 1. The zero-order valence-corrected chi connectivity index (χ0v) is 15.9. The Balaban J connectivity index is 1.83. The van der Waals surface area contributed by atoms with Crippen LogP contribution in [0.15, 0.2) is 35.2 Å². The fourth-order valence-corrected chi connectivity index (χ4v) is 4.73. The number of fused-ring (bicyclic) bond motifs is 1. The number of halogens is 1. The molecule has 1 amide bonds. The van der Waals surface area contributed by atoms with Gasteiger partial charge >= 0.3 is 0 Å². The van der Waals surface area contributed by atoms with Crippen LogP contribution < -0.4 is 5.32 Å². The van der Waals surface area contributed by atoms with Gasteiger partial charge in [-0.05, 0) is 55.0 Å². The number of carbonyl (C=O) groups excluding carboxylic acids is 1. The zero-order chi connectivity index (χ0) is 17.3. The van der Waals surface area contributed by atoms with Gasteiger partial charge in [-0.1, -0.05) is 49.2 Å². The molecule has 3 rings (SSSR count). The van der Waals surface area contributed by atoms with Gasteiger partial charge in [-0.3, -0.25) is 4.79 Å². The fraction of sp³-hybridized carbons (Fsp3) is 0.350. The number of anilines is 1. The van der Waals surface area contributed by atoms with Crippen molar-refractivity contribution in [3.8, 4) is 0 Å². The second-order valence-corrected chi connectivity index (χ2v) is 7.83. The van der Waals surface area contributed by atoms with Crippen molar-refractivity contribution in [3.63, 3.8) is 0 Å². The van der Waals surface area contributed by atoms with Gasteiger partial charge in [0.2, 0.25) is 5.91 Å². The Morgan fingerprint density at radius 1 is 1.25 bits per heavy atom. The molecular formula is C20H22ClNOS. The molecule has 0 bridgehead atoms. The van der Waals surface area contributed by atoms with Gasteiger partial charge in [-0.2, -0.15) is 0 Å². The molecule has 4 heteroatoms. The molecule has 0 saturated carbocycles. The van der Waals surface area contributed by atoms with Gasteiger partial charge in [0.25, 0.3) is 0 Å². The zero-order valence-electron chi connectivity index (χ0n) is 14.3. The van der Waals surface area contributed by atoms with Crippen LogP contribution in [0.3, 0.4) is 0 Å². The Labute approximate surface area is 153 Å². The van der Waals surface area contributed by atoms with E-state index in [1.807, 2.05) is 12.1 Å². The van der Waals surface area contributed by atoms with Crippen molar-refractivity contribution in [2.24, 2.45) is 0 Å². The molecule has 0 radical (unpaired) electrons. The highest BCUT2D eigenvalue weighted by atomic mass is 35.5. The van der Waals surface area contributed by atoms with E-state index in [1.165, 1.54) is 16.0 Å². The van der Waals surface area contributed by atoms with E-state index >= 15 is 0 Å². The lowest BCUT2D eigenvalue weighted by Crippen LogP contribution is -2.26. The summed E-state index contributed by atoms with van der Waals surface area (Å²) < 4.78 is 0. The number of thioether (sulfide) groups is 1. The third-order valence-electron chi connectivity index (χ3n) is 4.51. The first-order valence-corrected chi connectivity index (χ1v) is 9.66. The average molecular weight is 360 g/mol. The van der Waals surface area contributed by atoms with Crippen LogP contribution in [-0.4, -0.2) is 11.2 Å². The summed E-state index contributed by atoms with van der Waals surface area (Å²) in [6.45, 7) is 6.25. The molecule has 0 unspecified atom stereocenters. The van der Waals surface area contributed by atoms with Crippen molar-refractivity contribution < 1.29 is 4.79 Å². The van der Waals surface area contributed by atoms with Crippen LogP contribution in [-0.2, 0) is 24.1 Å². The third kappa shape index (κ3) is 3.33. The highest BCUT2D eigenvalue weighted by molar-refractivity contribution is 8.01. The van der Waals surface area contributed by atoms with Crippen LogP contribution in [0.1, 0.15) is 36.1 Å². The van der Waals surface area contributed by atoms with E-state index < -0.39 is 0 Å². The SMILES string of the molecule is CCc1ccc(Cl)c(CC)c1NC(=O)[C@@H]1Cc2ccc(C)cc2S1. The average Bonchev–Trinajstić information content (AvgIpc) is 2.98. The number of aryl methyl sites for hydroxylation is 2. The largest absolute Gasteiger partial charge is 0.325 e. The maximum Gasteiger partial charge on any atom is 0.238 e. The summed E-state index contributed by atoms with van der Waals surface area (Å²) in [7, 11) is 0. The van der Waals surface area contributed by atoms with Crippen molar-refractivity contribution >= 4 is 35.0 Å². The molecule has 1 atom stereocenters. The van der Waals surface area contributed by atoms with Crippen molar-refractivity contribution in [1.29, 1.82) is 0 Å². The molecule has 1 N–H and O–H groups in total. The maximum absolute atomic E-state index is 12.8. The molecule has 0 aromatic heterocycles. The number of amides is 1. The lowest BCUT2D eigenvalue weighted by molar-refractivity contribution is -0.115. The summed E-state index contributed by atoms with van der Waals surface area (Å²) in [5, 5.41) is 3.82. The van der Waals surface area contributed by atoms with Crippen molar-refractivity contribution in [2.45, 2.75) is 50.2 Å². The van der Waals surface area contributed by atoms with Crippen molar-refractivity contribution in [2.75, 3.05) is 5.32 Å². The Morgan fingerprint density at radius 3 is 2.75 bits per heavy atom. The smallest absolute Gasteiger partial charge is 0.238 e. The minimum Gasteiger partial charge on any atom is -0.325 e. The van der Waals surface area contributed by atoms with Gasteiger partial charge < -0.3 is 5.32 Å². The number of benzene rings is 2. The highest BCUT2D eigenvalue weighted by Crippen LogP contribution is 2.38. The predicted octanol–water partition coefficient (Wildman–Crippen LogP) is 5.43. The first kappa shape index (κ1) is 17.4. The molecule has 2 aromatic carbocycles. The Hall–Kier alpha value is -1.45. The van der Waals surface area contributed by atoms with E-state index in [0.29, 0.717) is 0 Å². The molecule has 2 nitrogen and oxygen atoms in total. The molecule has 0 spiro atoms. The lowest BCUT2D eigenvalue weighted by Gasteiger charge is -2.17. The van der Waals surface area contributed by atoms with Crippen LogP contribution in [0.4, 0.5) is 5.69 Å². The van der Waals surface area contributed by atoms with Gasteiger partial charge in [-0.15, -0.1) is 11.8 Å². The Morgan fingerprint density at radius 2 is 2.04 bits per heavy atom. The summed E-state index contributed by atoms with van der Waals surface area (Å²) in [4.78, 5) is 14.1. The number of hydrogen-bond acceptors (Lipinski definition) is 2. The summed E-state index contributed by atoms with van der Waals surface area (Å²) in [6, 6.07) is 10.4. The first-order chi connectivity index (χ1) is 11.5. The summed E-state index contributed by atoms with van der Waals surface area (Å²) in [6.07, 6.45) is 2.46. The van der Waals surface area contributed by atoms with Crippen LogP contribution >= 0.6 is 23.4 Å². The minimum absolute atomic E-state index is 0.0699. The normalized spacial score (nSPS) is 16.1. The first-order valence-electron chi connectivity index (χ1n) is 8.40. The molecule has 126 valence electrons. The van der Waals surface area contributed by atoms with Crippen molar-refractivity contribution in [3.05, 3.63) is 57.6 Å². The second kappa shape index (κ2) is 7.20. The van der Waals surface area contributed by atoms with E-state index in [1.54, 1.807) is 11.8 Å². The molecule has 0 saturated heterocycles. The van der Waals surface area contributed by atoms with Gasteiger partial charge in [0.1, 0.15) is 0 Å². The van der Waals surface area contributed by atoms with Gasteiger partial charge in [0.05, 0.1) is 5.25 Å². The van der Waals surface area contributed by atoms with Gasteiger partial charge in [0, 0.05) is 15.6 Å². The quantitative estimate of drug-likeness (QED) is 0.788. The summed E-state index contributed by atoms with van der Waals surface area (Å²) in [5.41, 5.74) is 5.58. The van der Waals surface area contributed by atoms with Crippen LogP contribution in [0, 0.1) is 6.92 Å². The third-order valence-corrected chi connectivity index (χ3v) is 6.17. The predicted molar refractivity (Wildman–Crippen MR) is 103 cm³/mol. The summed E-state index contributed by atoms with van der Waals surface area (Å²) >= 11 is 8.00. The van der Waals surface area contributed by atoms with E-state index in [2.05, 4.69) is 44.3 Å². The minimum atomic E-state index is -0.0739. The van der Waals surface area contributed by atoms with E-state index in [9.17, 15) is 4.79 Å². The lowest BCUT2D eigenvalue weighted by atomic mass is 10.0. The molecule has 0 aliphatic carbocycles. The van der Waals surface area contributed by atoms with Gasteiger partial charge in [0.15, 0.2) is 0 Å². The second-order valence-electron chi connectivity index (χ2n) is 6.18. The number of nitrogens with one attached hydrogen (secondary N) is 1. The molecule has 24 heavy (non-hydrogen) atoms. The molecular weight excluding hydrogens is 338 g/mol. The molecule has 1 heterocycles. The van der Waals surface area contributed by atoms with Crippen molar-refractivity contribution in [1.82, 2.24) is 0 Å². The van der Waals surface area contributed by atoms with E-state index in [0.717, 1.165) is 41.1 Å². The fourth-order valence-electron chi connectivity index (χ4n) is 3.15. The molecule has 1 aliphatic rings. The Kier molecular flexibility index (Phi) is 5.21. The van der Waals surface area contributed by atoms with Crippen LogP contribution in [0.25, 0.3) is 0 Å². The van der Waals surface area contributed by atoms with Gasteiger partial charge in [-0.25, -0.2) is 0 Å². The van der Waals surface area contributed by atoms with E-state index in [4.69, 9.17) is 11.6 Å². The van der Waals surface area contributed by atoms with Crippen LogP contribution in [0.2, 0.25) is 5.02 Å². The molecule has 1 aliphatic heterocycles. The summed E-state index contributed by atoms with van der Waals surface area (Å²) in [5.74, 6) is 0.0699. The number of carbonyl (C=O) groups is 1. The topological polar surface area (TPSA) is 29.1 Å².